The van der Waals surface area contributed by atoms with E-state index in [0.717, 1.165) is 32.1 Å². The molecule has 2 N–H and O–H groups in total. The van der Waals surface area contributed by atoms with Crippen LogP contribution in [0.4, 0.5) is 0 Å². The first kappa shape index (κ1) is 58.0. The van der Waals surface area contributed by atoms with Gasteiger partial charge in [-0.15, -0.1) is 0 Å². The Morgan fingerprint density at radius 2 is 1.12 bits per heavy atom. The zero-order valence-corrected chi connectivity index (χ0v) is 34.8. The summed E-state index contributed by atoms with van der Waals surface area (Å²) in [6.07, 6.45) is 6.79. The Labute approximate surface area is 308 Å². The van der Waals surface area contributed by atoms with E-state index in [1.165, 1.54) is 0 Å². The first-order valence-electron chi connectivity index (χ1n) is 16.7. The van der Waals surface area contributed by atoms with E-state index >= 15 is 0 Å². The summed E-state index contributed by atoms with van der Waals surface area (Å²) in [5.41, 5.74) is -0.357. The van der Waals surface area contributed by atoms with E-state index in [1.807, 2.05) is 10.8 Å². The first-order valence-corrected chi connectivity index (χ1v) is 20.2. The van der Waals surface area contributed by atoms with Gasteiger partial charge < -0.3 is 42.9 Å². The van der Waals surface area contributed by atoms with E-state index in [1.54, 1.807) is 28.1 Å². The van der Waals surface area contributed by atoms with Crippen molar-refractivity contribution in [2.24, 2.45) is 0 Å². The average Bonchev–Trinajstić information content (AvgIpc) is 3.14. The van der Waals surface area contributed by atoms with E-state index in [4.69, 9.17) is 38.0 Å². The molecular weight excluding hydrogens is 645 g/mol. The van der Waals surface area contributed by atoms with Gasteiger partial charge in [-0.1, -0.05) is 70.2 Å². The Morgan fingerprint density at radius 1 is 0.771 bits per heavy atom. The molecule has 0 aromatic carbocycles. The molecule has 288 valence electrons. The molecule has 2 aliphatic heterocycles. The van der Waals surface area contributed by atoms with Crippen molar-refractivity contribution in [2.45, 2.75) is 152 Å². The molecule has 0 aliphatic carbocycles. The van der Waals surface area contributed by atoms with E-state index < -0.39 is 7.12 Å². The Bertz CT molecular complexity index is 732. The van der Waals surface area contributed by atoms with Gasteiger partial charge in [0.2, 0.25) is 0 Å². The molecule has 0 aromatic rings. The molecular formula is C32H80B5NO8S2. The molecule has 9 nitrogen and oxygen atoms in total. The fraction of sp³-hybridized carbons (Fsp3) is 1.00. The number of nitrogens with zero attached hydrogens (tertiary/aromatic N) is 1. The van der Waals surface area contributed by atoms with Crippen molar-refractivity contribution in [2.75, 3.05) is 60.1 Å². The monoisotopic (exact) mass is 726 g/mol. The van der Waals surface area contributed by atoms with E-state index in [0.29, 0.717) is 26.8 Å². The third-order valence-corrected chi connectivity index (χ3v) is 10.6. The predicted octanol–water partition coefficient (Wildman–Crippen LogP) is 8.28. The van der Waals surface area contributed by atoms with Crippen LogP contribution in [0, 0.1) is 0 Å². The molecule has 0 spiro atoms. The molecule has 16 heteroatoms. The minimum atomic E-state index is -1.15. The van der Waals surface area contributed by atoms with Gasteiger partial charge in [0.1, 0.15) is 0 Å². The Morgan fingerprint density at radius 3 is 1.29 bits per heavy atom. The summed E-state index contributed by atoms with van der Waals surface area (Å²) < 4.78 is 32.6. The molecule has 0 bridgehead atoms. The van der Waals surface area contributed by atoms with Crippen molar-refractivity contribution in [1.82, 2.24) is 4.90 Å². The molecule has 2 rings (SSSR count). The van der Waals surface area contributed by atoms with E-state index in [2.05, 4.69) is 114 Å². The minimum absolute atomic E-state index is 0. The van der Waals surface area contributed by atoms with Crippen LogP contribution in [0.1, 0.15) is 112 Å². The SMILES string of the molecule is C.C.CC(C)B(O)O.CC(C)B1OC(C)(C)C(C)(C)O1.CC(C)B1OCCN(C)CCO1.COB(OC)C(C)C.CSS(C)=BC(C)C. The molecule has 2 aliphatic rings. The van der Waals surface area contributed by atoms with Crippen LogP contribution in [0.25, 0.3) is 0 Å². The summed E-state index contributed by atoms with van der Waals surface area (Å²) in [5, 5.41) is 16.4. The van der Waals surface area contributed by atoms with Gasteiger partial charge in [0.15, 0.2) is 0 Å². The zero-order valence-electron chi connectivity index (χ0n) is 33.2. The summed E-state index contributed by atoms with van der Waals surface area (Å²) in [4.78, 5) is 2.22. The number of rotatable bonds is 8. The quantitative estimate of drug-likeness (QED) is 0.188. The summed E-state index contributed by atoms with van der Waals surface area (Å²) in [7, 11) is 6.55. The van der Waals surface area contributed by atoms with Crippen LogP contribution >= 0.6 is 20.1 Å². The molecule has 0 amide bonds. The summed E-state index contributed by atoms with van der Waals surface area (Å²) in [6, 6.07) is 0. The topological polar surface area (TPSA) is 99.1 Å². The Balaban J connectivity index is -0.000000163. The number of hydrogen-bond donors (Lipinski definition) is 2. The standard InChI is InChI=1S/C9H19BO2.C8H18BNO2.C5H13BO2.C5H13BS2.C3H9BO2.2CH4/c1-7(2)10-11-8(3,4)9(5,6)12-10;1-8(2)9-11-6-4-10(3)5-7-12-9;1-5(2)6(7-3)8-4;1-5(2)6-8(4)7-3;1-3(2)4(5)6;;/h7H,1-6H3;8H,4-7H2,1-3H3;2*5H,1-4H3;3,5-6H,1-2H3;2*1H4. The molecule has 48 heavy (non-hydrogen) atoms. The molecule has 0 saturated carbocycles. The van der Waals surface area contributed by atoms with E-state index in [9.17, 15) is 0 Å². The molecule has 2 heterocycles. The summed E-state index contributed by atoms with van der Waals surface area (Å²) in [5.74, 6) is 2.02. The number of likely N-dealkylation sites (N-methyl/N-ethyl adjacent to an activating group) is 1. The van der Waals surface area contributed by atoms with Crippen molar-refractivity contribution in [3.8, 4) is 0 Å². The van der Waals surface area contributed by atoms with Crippen molar-refractivity contribution in [3.63, 3.8) is 0 Å². The normalized spacial score (nSPS) is 17.5. The van der Waals surface area contributed by atoms with Gasteiger partial charge in [0, 0.05) is 40.5 Å². The van der Waals surface area contributed by atoms with Gasteiger partial charge in [-0.2, -0.15) is 0 Å². The Hall–Kier alpha value is 0.665. The fourth-order valence-electron chi connectivity index (χ4n) is 3.43. The van der Waals surface area contributed by atoms with Crippen LogP contribution in [-0.2, 0) is 27.9 Å². The fourth-order valence-corrected chi connectivity index (χ4v) is 5.31. The molecule has 0 radical (unpaired) electrons. The molecule has 0 aromatic heterocycles. The second kappa shape index (κ2) is 31.2. The van der Waals surface area contributed by atoms with Crippen LogP contribution in [0.3, 0.4) is 0 Å². The van der Waals surface area contributed by atoms with Crippen LogP contribution in [-0.4, -0.2) is 121 Å². The van der Waals surface area contributed by atoms with Gasteiger partial charge in [0.25, 0.3) is 0 Å². The first-order chi connectivity index (χ1) is 21.0. The predicted molar refractivity (Wildman–Crippen MR) is 223 cm³/mol. The second-order valence-electron chi connectivity index (χ2n) is 14.3. The van der Waals surface area contributed by atoms with Crippen molar-refractivity contribution < 1.29 is 38.0 Å². The van der Waals surface area contributed by atoms with Gasteiger partial charge in [-0.05, 0) is 58.0 Å². The number of hydrogen-bond acceptors (Lipinski definition) is 10. The van der Waals surface area contributed by atoms with E-state index in [-0.39, 0.29) is 53.2 Å². The summed E-state index contributed by atoms with van der Waals surface area (Å²) >= 11 is 0. The van der Waals surface area contributed by atoms with Crippen LogP contribution < -0.4 is 0 Å². The van der Waals surface area contributed by atoms with Crippen molar-refractivity contribution in [3.05, 3.63) is 0 Å². The molecule has 1 unspecified atom stereocenters. The van der Waals surface area contributed by atoms with Gasteiger partial charge in [0.05, 0.1) is 11.2 Å². The zero-order chi connectivity index (χ0) is 36.8. The summed E-state index contributed by atoms with van der Waals surface area (Å²) in [6.45, 7) is 32.4. The third-order valence-electron chi connectivity index (χ3n) is 7.20. The third kappa shape index (κ3) is 29.3. The second-order valence-corrected chi connectivity index (χ2v) is 18.5. The van der Waals surface area contributed by atoms with Crippen LogP contribution in [0.5, 0.6) is 0 Å². The molecule has 2 fully saturated rings. The molecule has 2 saturated heterocycles. The molecule has 1 atom stereocenters. The van der Waals surface area contributed by atoms with Crippen LogP contribution in [0.15, 0.2) is 0 Å². The van der Waals surface area contributed by atoms with Gasteiger partial charge in [-0.3, -0.25) is 0 Å². The maximum atomic E-state index is 8.19. The van der Waals surface area contributed by atoms with Gasteiger partial charge >= 0.3 is 87.0 Å². The Kier molecular flexibility index (Phi) is 37.7. The van der Waals surface area contributed by atoms with Gasteiger partial charge in [-0.25, -0.2) is 0 Å². The van der Waals surface area contributed by atoms with Crippen molar-refractivity contribution >= 4 is 54.8 Å². The van der Waals surface area contributed by atoms with Crippen molar-refractivity contribution in [1.29, 1.82) is 0 Å². The average molecular weight is 725 g/mol. The maximum absolute atomic E-state index is 8.19. The van der Waals surface area contributed by atoms with Crippen LogP contribution in [0.2, 0.25) is 29.1 Å².